The highest BCUT2D eigenvalue weighted by atomic mass is 32.2. The van der Waals surface area contributed by atoms with Gasteiger partial charge in [-0.1, -0.05) is 13.8 Å². The highest BCUT2D eigenvalue weighted by Gasteiger charge is 2.18. The van der Waals surface area contributed by atoms with Crippen LogP contribution < -0.4 is 5.32 Å². The molecule has 1 fully saturated rings. The normalized spacial score (nSPS) is 36.7. The third-order valence-corrected chi connectivity index (χ3v) is 3.19. The number of hydrogen-bond donors (Lipinski definition) is 1. The number of thioether (sulfide) groups is 1. The second kappa shape index (κ2) is 3.47. The van der Waals surface area contributed by atoms with Crippen LogP contribution in [0.1, 0.15) is 20.3 Å². The van der Waals surface area contributed by atoms with Crippen LogP contribution >= 0.6 is 11.8 Å². The van der Waals surface area contributed by atoms with Gasteiger partial charge in [-0.05, 0) is 6.42 Å². The minimum Gasteiger partial charge on any atom is -0.312 e. The van der Waals surface area contributed by atoms with Crippen LogP contribution in [0.3, 0.4) is 0 Å². The van der Waals surface area contributed by atoms with Gasteiger partial charge in [-0.25, -0.2) is 0 Å². The van der Waals surface area contributed by atoms with Crippen LogP contribution in [0.5, 0.6) is 0 Å². The van der Waals surface area contributed by atoms with Crippen molar-refractivity contribution in [2.75, 3.05) is 12.3 Å². The maximum Gasteiger partial charge on any atom is 0.0181 e. The SMILES string of the molecule is CCC1NCCS[C@@H]1C. The van der Waals surface area contributed by atoms with E-state index in [-0.39, 0.29) is 0 Å². The van der Waals surface area contributed by atoms with Crippen LogP contribution in [0.2, 0.25) is 0 Å². The summed E-state index contributed by atoms with van der Waals surface area (Å²) in [5, 5.41) is 4.32. The Morgan fingerprint density at radius 3 is 2.89 bits per heavy atom. The molecular formula is C7H15NS. The number of hydrogen-bond acceptors (Lipinski definition) is 2. The summed E-state index contributed by atoms with van der Waals surface area (Å²) in [6, 6.07) is 0.767. The second-order valence-corrected chi connectivity index (χ2v) is 4.03. The van der Waals surface area contributed by atoms with Gasteiger partial charge >= 0.3 is 0 Å². The van der Waals surface area contributed by atoms with Crippen LogP contribution in [-0.2, 0) is 0 Å². The van der Waals surface area contributed by atoms with Gasteiger partial charge in [0.05, 0.1) is 0 Å². The molecular weight excluding hydrogens is 130 g/mol. The Bertz CT molecular complexity index is 85.0. The molecule has 0 saturated carbocycles. The van der Waals surface area contributed by atoms with E-state index >= 15 is 0 Å². The van der Waals surface area contributed by atoms with Crippen molar-refractivity contribution >= 4 is 11.8 Å². The molecule has 54 valence electrons. The molecule has 0 bridgehead atoms. The van der Waals surface area contributed by atoms with Crippen molar-refractivity contribution < 1.29 is 0 Å². The van der Waals surface area contributed by atoms with E-state index in [1.54, 1.807) is 0 Å². The minimum absolute atomic E-state index is 0.767. The standard InChI is InChI=1S/C7H15NS/c1-3-7-6(2)9-5-4-8-7/h6-8H,3-5H2,1-2H3/t6-,7?/m1/s1. The molecule has 0 aromatic rings. The van der Waals surface area contributed by atoms with Gasteiger partial charge < -0.3 is 5.32 Å². The summed E-state index contributed by atoms with van der Waals surface area (Å²) in [5.74, 6) is 1.29. The van der Waals surface area contributed by atoms with Gasteiger partial charge in [0.2, 0.25) is 0 Å². The monoisotopic (exact) mass is 145 g/mol. The van der Waals surface area contributed by atoms with Crippen LogP contribution in [-0.4, -0.2) is 23.6 Å². The maximum atomic E-state index is 3.50. The molecule has 0 amide bonds. The van der Waals surface area contributed by atoms with Crippen LogP contribution in [0.4, 0.5) is 0 Å². The molecule has 9 heavy (non-hydrogen) atoms. The van der Waals surface area contributed by atoms with Gasteiger partial charge in [0.1, 0.15) is 0 Å². The first kappa shape index (κ1) is 7.42. The average molecular weight is 145 g/mol. The lowest BCUT2D eigenvalue weighted by atomic mass is 10.1. The lowest BCUT2D eigenvalue weighted by Gasteiger charge is -2.28. The summed E-state index contributed by atoms with van der Waals surface area (Å²) in [4.78, 5) is 0. The predicted octanol–water partition coefficient (Wildman–Crippen LogP) is 1.49. The molecule has 0 radical (unpaired) electrons. The summed E-state index contributed by atoms with van der Waals surface area (Å²) in [5.41, 5.74) is 0. The van der Waals surface area contributed by atoms with E-state index in [9.17, 15) is 0 Å². The largest absolute Gasteiger partial charge is 0.312 e. The molecule has 0 aliphatic carbocycles. The molecule has 1 N–H and O–H groups in total. The molecule has 0 aromatic carbocycles. The highest BCUT2D eigenvalue weighted by molar-refractivity contribution is 8.00. The van der Waals surface area contributed by atoms with E-state index in [0.29, 0.717) is 0 Å². The van der Waals surface area contributed by atoms with Crippen molar-refractivity contribution in [1.29, 1.82) is 0 Å². The van der Waals surface area contributed by atoms with E-state index in [2.05, 4.69) is 30.9 Å². The zero-order valence-corrected chi connectivity index (χ0v) is 7.00. The van der Waals surface area contributed by atoms with E-state index in [1.165, 1.54) is 18.7 Å². The van der Waals surface area contributed by atoms with E-state index < -0.39 is 0 Å². The molecule has 2 atom stereocenters. The van der Waals surface area contributed by atoms with Gasteiger partial charge in [0, 0.05) is 23.6 Å². The Morgan fingerprint density at radius 2 is 2.44 bits per heavy atom. The highest BCUT2D eigenvalue weighted by Crippen LogP contribution is 2.19. The summed E-state index contributed by atoms with van der Waals surface area (Å²) < 4.78 is 0. The van der Waals surface area contributed by atoms with Crippen molar-refractivity contribution in [2.45, 2.75) is 31.6 Å². The van der Waals surface area contributed by atoms with Crippen molar-refractivity contribution in [1.82, 2.24) is 5.32 Å². The Kier molecular flexibility index (Phi) is 2.86. The van der Waals surface area contributed by atoms with Crippen molar-refractivity contribution in [2.24, 2.45) is 0 Å². The predicted molar refractivity (Wildman–Crippen MR) is 44.0 cm³/mol. The zero-order valence-electron chi connectivity index (χ0n) is 6.18. The molecule has 0 spiro atoms. The summed E-state index contributed by atoms with van der Waals surface area (Å²) >= 11 is 2.09. The van der Waals surface area contributed by atoms with E-state index in [1.807, 2.05) is 0 Å². The topological polar surface area (TPSA) is 12.0 Å². The Balaban J connectivity index is 2.30. The first-order valence-electron chi connectivity index (χ1n) is 3.69. The van der Waals surface area contributed by atoms with Crippen molar-refractivity contribution in [3.63, 3.8) is 0 Å². The van der Waals surface area contributed by atoms with Gasteiger partial charge in [-0.3, -0.25) is 0 Å². The Hall–Kier alpha value is 0.310. The van der Waals surface area contributed by atoms with Gasteiger partial charge in [-0.15, -0.1) is 0 Å². The lowest BCUT2D eigenvalue weighted by Crippen LogP contribution is -2.41. The Labute approximate surface area is 61.6 Å². The second-order valence-electron chi connectivity index (χ2n) is 2.54. The van der Waals surface area contributed by atoms with E-state index in [0.717, 1.165) is 11.3 Å². The minimum atomic E-state index is 0.767. The quantitative estimate of drug-likeness (QED) is 0.600. The fraction of sp³-hybridized carbons (Fsp3) is 1.00. The summed E-state index contributed by atoms with van der Waals surface area (Å²) in [6.07, 6.45) is 1.27. The fourth-order valence-corrected chi connectivity index (χ4v) is 2.38. The molecule has 1 unspecified atom stereocenters. The fourth-order valence-electron chi connectivity index (χ4n) is 1.25. The zero-order chi connectivity index (χ0) is 6.69. The third kappa shape index (κ3) is 1.87. The van der Waals surface area contributed by atoms with Gasteiger partial charge in [0.25, 0.3) is 0 Å². The molecule has 1 saturated heterocycles. The maximum absolute atomic E-state index is 3.50. The molecule has 1 nitrogen and oxygen atoms in total. The van der Waals surface area contributed by atoms with Gasteiger partial charge in [0.15, 0.2) is 0 Å². The molecule has 1 aliphatic heterocycles. The molecule has 1 aliphatic rings. The van der Waals surface area contributed by atoms with Crippen LogP contribution in [0.15, 0.2) is 0 Å². The number of nitrogens with one attached hydrogen (secondary N) is 1. The lowest BCUT2D eigenvalue weighted by molar-refractivity contribution is 0.498. The van der Waals surface area contributed by atoms with Gasteiger partial charge in [-0.2, -0.15) is 11.8 Å². The average Bonchev–Trinajstić information content (AvgIpc) is 1.89. The summed E-state index contributed by atoms with van der Waals surface area (Å²) in [7, 11) is 0. The Morgan fingerprint density at radius 1 is 1.67 bits per heavy atom. The third-order valence-electron chi connectivity index (χ3n) is 1.90. The number of rotatable bonds is 1. The van der Waals surface area contributed by atoms with Crippen molar-refractivity contribution in [3.8, 4) is 0 Å². The smallest absolute Gasteiger partial charge is 0.0181 e. The van der Waals surface area contributed by atoms with E-state index in [4.69, 9.17) is 0 Å². The molecule has 2 heteroatoms. The summed E-state index contributed by atoms with van der Waals surface area (Å²) in [6.45, 7) is 5.76. The molecule has 0 aromatic heterocycles. The molecule has 1 rings (SSSR count). The van der Waals surface area contributed by atoms with Crippen molar-refractivity contribution in [3.05, 3.63) is 0 Å². The molecule has 1 heterocycles. The first-order chi connectivity index (χ1) is 4.34. The first-order valence-corrected chi connectivity index (χ1v) is 4.74. The van der Waals surface area contributed by atoms with Crippen LogP contribution in [0.25, 0.3) is 0 Å². The van der Waals surface area contributed by atoms with Crippen LogP contribution in [0, 0.1) is 0 Å².